The summed E-state index contributed by atoms with van der Waals surface area (Å²) in [6.45, 7) is 12.0. The maximum atomic E-state index is 4.96. The lowest BCUT2D eigenvalue weighted by molar-refractivity contribution is 0.485. The van der Waals surface area contributed by atoms with Crippen LogP contribution in [0.1, 0.15) is 33.3 Å². The average Bonchev–Trinajstić information content (AvgIpc) is 3.05. The van der Waals surface area contributed by atoms with Gasteiger partial charge in [-0.1, -0.05) is 51.1 Å². The van der Waals surface area contributed by atoms with Crippen molar-refractivity contribution in [3.8, 4) is 11.4 Å². The van der Waals surface area contributed by atoms with E-state index in [-0.39, 0.29) is 5.41 Å². The molecule has 0 saturated carbocycles. The Morgan fingerprint density at radius 3 is 2.54 bits per heavy atom. The van der Waals surface area contributed by atoms with Gasteiger partial charge in [0.1, 0.15) is 11.3 Å². The van der Waals surface area contributed by atoms with Gasteiger partial charge in [-0.25, -0.2) is 4.98 Å². The molecular weight excluding hydrogens is 320 g/mol. The predicted molar refractivity (Wildman–Crippen MR) is 110 cm³/mol. The summed E-state index contributed by atoms with van der Waals surface area (Å²) in [6.07, 6.45) is 0. The number of hydrogen-bond acceptors (Lipinski definition) is 3. The van der Waals surface area contributed by atoms with Crippen molar-refractivity contribution in [3.63, 3.8) is 0 Å². The van der Waals surface area contributed by atoms with Crippen molar-refractivity contribution < 1.29 is 0 Å². The van der Waals surface area contributed by atoms with E-state index in [9.17, 15) is 0 Å². The molecule has 2 aromatic carbocycles. The lowest BCUT2D eigenvalue weighted by Gasteiger charge is -2.33. The molecule has 0 radical (unpaired) electrons. The number of aromatic amines is 1. The van der Waals surface area contributed by atoms with E-state index in [1.165, 1.54) is 11.3 Å². The Morgan fingerprint density at radius 2 is 1.85 bits per heavy atom. The molecule has 1 aromatic heterocycles. The zero-order chi connectivity index (χ0) is 18.3. The number of rotatable bonds is 2. The van der Waals surface area contributed by atoms with E-state index < -0.39 is 0 Å². The Hall–Kier alpha value is -2.33. The van der Waals surface area contributed by atoms with Crippen LogP contribution in [0.25, 0.3) is 22.4 Å². The molecule has 1 saturated heterocycles. The quantitative estimate of drug-likeness (QED) is 0.725. The van der Waals surface area contributed by atoms with Crippen LogP contribution in [0.4, 0.5) is 5.69 Å². The first-order valence-electron chi connectivity index (χ1n) is 9.50. The summed E-state index contributed by atoms with van der Waals surface area (Å²) < 4.78 is 0. The van der Waals surface area contributed by atoms with Crippen molar-refractivity contribution in [2.75, 3.05) is 24.5 Å². The van der Waals surface area contributed by atoms with E-state index in [0.717, 1.165) is 42.1 Å². The second kappa shape index (κ2) is 6.44. The lowest BCUT2D eigenvalue weighted by Crippen LogP contribution is -2.49. The number of piperazine rings is 1. The second-order valence-corrected chi connectivity index (χ2v) is 8.39. The van der Waals surface area contributed by atoms with Gasteiger partial charge in [0, 0.05) is 31.2 Å². The molecule has 136 valence electrons. The van der Waals surface area contributed by atoms with Gasteiger partial charge < -0.3 is 15.2 Å². The molecule has 4 heteroatoms. The predicted octanol–water partition coefficient (Wildman–Crippen LogP) is 4.33. The number of H-pyrrole nitrogens is 1. The zero-order valence-electron chi connectivity index (χ0n) is 16.1. The summed E-state index contributed by atoms with van der Waals surface area (Å²) in [5, 5.41) is 3.51. The third kappa shape index (κ3) is 3.21. The Kier molecular flexibility index (Phi) is 4.23. The van der Waals surface area contributed by atoms with Gasteiger partial charge in [-0.15, -0.1) is 0 Å². The molecule has 1 atom stereocenters. The van der Waals surface area contributed by atoms with E-state index in [1.54, 1.807) is 0 Å². The highest BCUT2D eigenvalue weighted by Crippen LogP contribution is 2.30. The number of benzene rings is 2. The Labute approximate surface area is 155 Å². The van der Waals surface area contributed by atoms with Gasteiger partial charge in [-0.2, -0.15) is 0 Å². The van der Waals surface area contributed by atoms with Crippen LogP contribution in [0.3, 0.4) is 0 Å². The third-order valence-corrected chi connectivity index (χ3v) is 5.23. The first-order chi connectivity index (χ1) is 12.4. The standard InChI is InChI=1S/C22H28N4/c1-15-14-26(13-12-23-15)19-7-5-6-18-20(19)25-21(24-18)16-8-10-17(11-9-16)22(2,3)4/h5-11,15,23H,12-14H2,1-4H3,(H,24,25)/t15-/m1/s1. The highest BCUT2D eigenvalue weighted by molar-refractivity contribution is 5.91. The molecule has 2 N–H and O–H groups in total. The normalized spacial score (nSPS) is 18.5. The number of hydrogen-bond donors (Lipinski definition) is 2. The number of anilines is 1. The molecule has 26 heavy (non-hydrogen) atoms. The molecule has 0 spiro atoms. The topological polar surface area (TPSA) is 44.0 Å². The van der Waals surface area contributed by atoms with Crippen molar-refractivity contribution in [1.29, 1.82) is 0 Å². The SMILES string of the molecule is C[C@@H]1CN(c2cccc3[nH]c(-c4ccc(C(C)(C)C)cc4)nc23)CCN1. The summed E-state index contributed by atoms with van der Waals surface area (Å²) in [6, 6.07) is 15.7. The summed E-state index contributed by atoms with van der Waals surface area (Å²) >= 11 is 0. The maximum Gasteiger partial charge on any atom is 0.138 e. The van der Waals surface area contributed by atoms with Crippen LogP contribution in [0, 0.1) is 0 Å². The molecular formula is C22H28N4. The van der Waals surface area contributed by atoms with E-state index in [1.807, 2.05) is 0 Å². The van der Waals surface area contributed by atoms with E-state index in [4.69, 9.17) is 4.98 Å². The van der Waals surface area contributed by atoms with Gasteiger partial charge in [0.2, 0.25) is 0 Å². The summed E-state index contributed by atoms with van der Waals surface area (Å²) in [5.74, 6) is 0.941. The lowest BCUT2D eigenvalue weighted by atomic mass is 9.87. The van der Waals surface area contributed by atoms with Crippen LogP contribution in [0.2, 0.25) is 0 Å². The van der Waals surface area contributed by atoms with Crippen LogP contribution >= 0.6 is 0 Å². The fourth-order valence-electron chi connectivity index (χ4n) is 3.69. The van der Waals surface area contributed by atoms with Crippen molar-refractivity contribution in [2.24, 2.45) is 0 Å². The number of imidazole rings is 1. The first-order valence-corrected chi connectivity index (χ1v) is 9.50. The molecule has 1 aliphatic heterocycles. The molecule has 1 fully saturated rings. The molecule has 2 heterocycles. The van der Waals surface area contributed by atoms with Crippen molar-refractivity contribution in [1.82, 2.24) is 15.3 Å². The minimum absolute atomic E-state index is 0.165. The van der Waals surface area contributed by atoms with Gasteiger partial charge in [0.15, 0.2) is 0 Å². The third-order valence-electron chi connectivity index (χ3n) is 5.23. The number of aromatic nitrogens is 2. The molecule has 4 rings (SSSR count). The molecule has 0 bridgehead atoms. The zero-order valence-corrected chi connectivity index (χ0v) is 16.1. The molecule has 1 aliphatic rings. The van der Waals surface area contributed by atoms with Crippen LogP contribution < -0.4 is 10.2 Å². The number of para-hydroxylation sites is 1. The fraction of sp³-hybridized carbons (Fsp3) is 0.409. The maximum absolute atomic E-state index is 4.96. The van der Waals surface area contributed by atoms with Crippen molar-refractivity contribution >= 4 is 16.7 Å². The van der Waals surface area contributed by atoms with E-state index >= 15 is 0 Å². The molecule has 4 nitrogen and oxygen atoms in total. The van der Waals surface area contributed by atoms with Crippen LogP contribution in [-0.4, -0.2) is 35.6 Å². The second-order valence-electron chi connectivity index (χ2n) is 8.39. The van der Waals surface area contributed by atoms with Gasteiger partial charge >= 0.3 is 0 Å². The molecule has 0 amide bonds. The molecule has 0 unspecified atom stereocenters. The molecule has 0 aliphatic carbocycles. The van der Waals surface area contributed by atoms with Gasteiger partial charge in [0.25, 0.3) is 0 Å². The number of nitrogens with one attached hydrogen (secondary N) is 2. The Bertz CT molecular complexity index is 902. The average molecular weight is 348 g/mol. The summed E-state index contributed by atoms with van der Waals surface area (Å²) in [4.78, 5) is 10.9. The van der Waals surface area contributed by atoms with Crippen LogP contribution in [0.15, 0.2) is 42.5 Å². The smallest absolute Gasteiger partial charge is 0.138 e. The number of fused-ring (bicyclic) bond motifs is 1. The summed E-state index contributed by atoms with van der Waals surface area (Å²) in [5.41, 5.74) is 6.03. The summed E-state index contributed by atoms with van der Waals surface area (Å²) in [7, 11) is 0. The Balaban J connectivity index is 1.71. The van der Waals surface area contributed by atoms with Gasteiger partial charge in [0.05, 0.1) is 11.2 Å². The minimum Gasteiger partial charge on any atom is -0.367 e. The van der Waals surface area contributed by atoms with Crippen molar-refractivity contribution in [2.45, 2.75) is 39.2 Å². The van der Waals surface area contributed by atoms with Crippen molar-refractivity contribution in [3.05, 3.63) is 48.0 Å². The van der Waals surface area contributed by atoms with Crippen LogP contribution in [0.5, 0.6) is 0 Å². The highest BCUT2D eigenvalue weighted by Gasteiger charge is 2.20. The van der Waals surface area contributed by atoms with E-state index in [2.05, 4.69) is 85.4 Å². The fourth-order valence-corrected chi connectivity index (χ4v) is 3.69. The van der Waals surface area contributed by atoms with E-state index in [0.29, 0.717) is 6.04 Å². The van der Waals surface area contributed by atoms with Crippen LogP contribution in [-0.2, 0) is 5.41 Å². The molecule has 3 aromatic rings. The van der Waals surface area contributed by atoms with Gasteiger partial charge in [-0.3, -0.25) is 0 Å². The van der Waals surface area contributed by atoms with Gasteiger partial charge in [-0.05, 0) is 30.0 Å². The Morgan fingerprint density at radius 1 is 1.08 bits per heavy atom. The first kappa shape index (κ1) is 17.1. The number of nitrogens with zero attached hydrogens (tertiary/aromatic N) is 2. The highest BCUT2D eigenvalue weighted by atomic mass is 15.2. The minimum atomic E-state index is 0.165. The largest absolute Gasteiger partial charge is 0.367 e. The monoisotopic (exact) mass is 348 g/mol.